The zero-order valence-corrected chi connectivity index (χ0v) is 16.1. The fourth-order valence-corrected chi connectivity index (χ4v) is 3.34. The first kappa shape index (κ1) is 19.9. The van der Waals surface area contributed by atoms with Gasteiger partial charge in [0.05, 0.1) is 12.1 Å². The van der Waals surface area contributed by atoms with Gasteiger partial charge in [0, 0.05) is 6.42 Å². The first-order valence-corrected chi connectivity index (χ1v) is 9.41. The van der Waals surface area contributed by atoms with Crippen molar-refractivity contribution in [2.24, 2.45) is 0 Å². The number of imide groups is 1. The molecular formula is C22H25NO5. The molecule has 2 amide bonds. The maximum atomic E-state index is 13.2. The van der Waals surface area contributed by atoms with E-state index in [-0.39, 0.29) is 30.9 Å². The molecule has 148 valence electrons. The van der Waals surface area contributed by atoms with Gasteiger partial charge >= 0.3 is 6.09 Å². The summed E-state index contributed by atoms with van der Waals surface area (Å²) in [6.45, 7) is 3.85. The predicted molar refractivity (Wildman–Crippen MR) is 104 cm³/mol. The van der Waals surface area contributed by atoms with Gasteiger partial charge < -0.3 is 14.6 Å². The molecule has 1 aliphatic heterocycles. The number of carbonyl (C=O) groups is 2. The molecule has 6 heteroatoms. The molecular weight excluding hydrogens is 358 g/mol. The van der Waals surface area contributed by atoms with Gasteiger partial charge in [0.15, 0.2) is 0 Å². The Labute approximate surface area is 164 Å². The summed E-state index contributed by atoms with van der Waals surface area (Å²) < 4.78 is 11.0. The van der Waals surface area contributed by atoms with Crippen LogP contribution in [0.4, 0.5) is 4.79 Å². The number of rotatable bonds is 7. The Morgan fingerprint density at radius 3 is 2.57 bits per heavy atom. The number of aromatic hydroxyl groups is 1. The van der Waals surface area contributed by atoms with Gasteiger partial charge in [-0.05, 0) is 43.5 Å². The van der Waals surface area contributed by atoms with Crippen molar-refractivity contribution in [2.45, 2.75) is 44.9 Å². The van der Waals surface area contributed by atoms with Crippen molar-refractivity contribution in [3.05, 3.63) is 65.7 Å². The summed E-state index contributed by atoms with van der Waals surface area (Å²) in [5, 5.41) is 9.70. The Hall–Kier alpha value is -2.86. The highest BCUT2D eigenvalue weighted by Gasteiger charge is 2.41. The highest BCUT2D eigenvalue weighted by molar-refractivity contribution is 5.96. The topological polar surface area (TPSA) is 76.1 Å². The number of phenols is 1. The van der Waals surface area contributed by atoms with Crippen LogP contribution in [0.1, 0.15) is 25.0 Å². The number of hydrogen-bond acceptors (Lipinski definition) is 5. The number of amides is 2. The molecule has 28 heavy (non-hydrogen) atoms. The van der Waals surface area contributed by atoms with E-state index in [0.29, 0.717) is 6.42 Å². The summed E-state index contributed by atoms with van der Waals surface area (Å²) in [6.07, 6.45) is -0.895. The number of carbonyl (C=O) groups excluding carboxylic acids is 2. The zero-order valence-electron chi connectivity index (χ0n) is 16.1. The molecule has 1 heterocycles. The highest BCUT2D eigenvalue weighted by Crippen LogP contribution is 2.22. The summed E-state index contributed by atoms with van der Waals surface area (Å²) in [7, 11) is 0. The fourth-order valence-electron chi connectivity index (χ4n) is 3.34. The van der Waals surface area contributed by atoms with E-state index in [0.717, 1.165) is 11.1 Å². The van der Waals surface area contributed by atoms with E-state index in [1.807, 2.05) is 50.2 Å². The van der Waals surface area contributed by atoms with E-state index in [9.17, 15) is 14.7 Å². The van der Waals surface area contributed by atoms with Crippen LogP contribution in [0.5, 0.6) is 5.75 Å². The molecule has 6 nitrogen and oxygen atoms in total. The lowest BCUT2D eigenvalue weighted by Gasteiger charge is -2.26. The van der Waals surface area contributed by atoms with E-state index in [2.05, 4.69) is 0 Å². The van der Waals surface area contributed by atoms with E-state index in [4.69, 9.17) is 9.47 Å². The standard InChI is InChI=1S/C22H25NO5/c1-15(2)28-20(13-17-9-6-10-19(24)12-17)21(25)23-18(14-27-22(23)26)11-16-7-4-3-5-8-16/h3-10,12,15,18,20,24H,11,13-14H2,1-2H3. The van der Waals surface area contributed by atoms with Crippen molar-refractivity contribution in [1.29, 1.82) is 0 Å². The minimum Gasteiger partial charge on any atom is -0.508 e. The van der Waals surface area contributed by atoms with Crippen LogP contribution in [0, 0.1) is 0 Å². The van der Waals surface area contributed by atoms with Gasteiger partial charge in [-0.1, -0.05) is 42.5 Å². The SMILES string of the molecule is CC(C)OC(Cc1cccc(O)c1)C(=O)N1C(=O)OCC1Cc1ccccc1. The van der Waals surface area contributed by atoms with Gasteiger partial charge in [0.1, 0.15) is 18.5 Å². The Morgan fingerprint density at radius 1 is 1.18 bits per heavy atom. The largest absolute Gasteiger partial charge is 0.508 e. The van der Waals surface area contributed by atoms with Gasteiger partial charge in [0.25, 0.3) is 5.91 Å². The van der Waals surface area contributed by atoms with Crippen LogP contribution in [0.3, 0.4) is 0 Å². The van der Waals surface area contributed by atoms with E-state index >= 15 is 0 Å². The molecule has 2 aromatic carbocycles. The molecule has 1 N–H and O–H groups in total. The highest BCUT2D eigenvalue weighted by atomic mass is 16.6. The van der Waals surface area contributed by atoms with Gasteiger partial charge in [0.2, 0.25) is 0 Å². The quantitative estimate of drug-likeness (QED) is 0.794. The summed E-state index contributed by atoms with van der Waals surface area (Å²) >= 11 is 0. The second-order valence-electron chi connectivity index (χ2n) is 7.18. The van der Waals surface area contributed by atoms with Crippen LogP contribution in [-0.2, 0) is 27.1 Å². The molecule has 0 radical (unpaired) electrons. The number of hydrogen-bond donors (Lipinski definition) is 1. The predicted octanol–water partition coefficient (Wildman–Crippen LogP) is 3.32. The van der Waals surface area contributed by atoms with Crippen LogP contribution in [0.15, 0.2) is 54.6 Å². The molecule has 0 bridgehead atoms. The third-order valence-corrected chi connectivity index (χ3v) is 4.56. The van der Waals surface area contributed by atoms with Crippen molar-refractivity contribution in [3.63, 3.8) is 0 Å². The number of ether oxygens (including phenoxy) is 2. The van der Waals surface area contributed by atoms with Crippen LogP contribution < -0.4 is 0 Å². The van der Waals surface area contributed by atoms with Crippen molar-refractivity contribution in [2.75, 3.05) is 6.61 Å². The number of cyclic esters (lactones) is 1. The second-order valence-corrected chi connectivity index (χ2v) is 7.18. The van der Waals surface area contributed by atoms with Crippen LogP contribution in [0.2, 0.25) is 0 Å². The minimum absolute atomic E-state index is 0.121. The zero-order chi connectivity index (χ0) is 20.1. The summed E-state index contributed by atoms with van der Waals surface area (Å²) in [4.78, 5) is 26.7. The van der Waals surface area contributed by atoms with Crippen LogP contribution in [0.25, 0.3) is 0 Å². The molecule has 1 saturated heterocycles. The molecule has 0 aliphatic carbocycles. The molecule has 0 saturated carbocycles. The normalized spacial score (nSPS) is 17.6. The van der Waals surface area contributed by atoms with Gasteiger partial charge in [-0.15, -0.1) is 0 Å². The van der Waals surface area contributed by atoms with Crippen molar-refractivity contribution in [1.82, 2.24) is 4.90 Å². The fraction of sp³-hybridized carbons (Fsp3) is 0.364. The van der Waals surface area contributed by atoms with E-state index < -0.39 is 18.1 Å². The minimum atomic E-state index is -0.842. The lowest BCUT2D eigenvalue weighted by molar-refractivity contribution is -0.144. The Bertz CT molecular complexity index is 821. The molecule has 0 spiro atoms. The summed E-state index contributed by atoms with van der Waals surface area (Å²) in [6, 6.07) is 16.0. The average Bonchev–Trinajstić information content (AvgIpc) is 3.01. The molecule has 1 aliphatic rings. The Morgan fingerprint density at radius 2 is 1.89 bits per heavy atom. The lowest BCUT2D eigenvalue weighted by Crippen LogP contribution is -2.47. The molecule has 2 atom stereocenters. The second kappa shape index (κ2) is 8.89. The Balaban J connectivity index is 1.79. The maximum absolute atomic E-state index is 13.2. The summed E-state index contributed by atoms with van der Waals surface area (Å²) in [5.74, 6) is -0.295. The van der Waals surface area contributed by atoms with Gasteiger partial charge in [-0.25, -0.2) is 9.69 Å². The number of phenolic OH excluding ortho intramolecular Hbond substituents is 1. The molecule has 1 fully saturated rings. The van der Waals surface area contributed by atoms with Crippen LogP contribution >= 0.6 is 0 Å². The monoisotopic (exact) mass is 383 g/mol. The number of nitrogens with zero attached hydrogens (tertiary/aromatic N) is 1. The number of benzene rings is 2. The van der Waals surface area contributed by atoms with Crippen molar-refractivity contribution in [3.8, 4) is 5.75 Å². The maximum Gasteiger partial charge on any atom is 0.417 e. The van der Waals surface area contributed by atoms with Gasteiger partial charge in [-0.3, -0.25) is 4.79 Å². The average molecular weight is 383 g/mol. The van der Waals surface area contributed by atoms with E-state index in [1.165, 1.54) is 4.90 Å². The smallest absolute Gasteiger partial charge is 0.417 e. The first-order chi connectivity index (χ1) is 13.4. The summed E-state index contributed by atoms with van der Waals surface area (Å²) in [5.41, 5.74) is 1.78. The molecule has 0 aromatic heterocycles. The van der Waals surface area contributed by atoms with Gasteiger partial charge in [-0.2, -0.15) is 0 Å². The van der Waals surface area contributed by atoms with Crippen LogP contribution in [-0.4, -0.2) is 46.9 Å². The third-order valence-electron chi connectivity index (χ3n) is 4.56. The molecule has 3 rings (SSSR count). The van der Waals surface area contributed by atoms with Crippen molar-refractivity contribution < 1.29 is 24.2 Å². The molecule has 2 aromatic rings. The lowest BCUT2D eigenvalue weighted by atomic mass is 10.0. The Kier molecular flexibility index (Phi) is 6.31. The van der Waals surface area contributed by atoms with E-state index in [1.54, 1.807) is 18.2 Å². The van der Waals surface area contributed by atoms with Crippen molar-refractivity contribution >= 4 is 12.0 Å². The molecule has 2 unspecified atom stereocenters. The first-order valence-electron chi connectivity index (χ1n) is 9.41. The third kappa shape index (κ3) is 4.89.